The number of pyridine rings is 1. The second-order valence-corrected chi connectivity index (χ2v) is 4.60. The number of carbonyl (C=O) groups is 1. The summed E-state index contributed by atoms with van der Waals surface area (Å²) >= 11 is 0. The zero-order valence-electron chi connectivity index (χ0n) is 10.6. The summed E-state index contributed by atoms with van der Waals surface area (Å²) in [6.45, 7) is 1.97. The number of rotatable bonds is 6. The van der Waals surface area contributed by atoms with Crippen LogP contribution in [0.4, 0.5) is 11.5 Å². The Morgan fingerprint density at radius 3 is 2.74 bits per heavy atom. The zero-order valence-corrected chi connectivity index (χ0v) is 10.6. The number of hydrogen-bond donors (Lipinski definition) is 1. The number of aromatic nitrogens is 1. The molecule has 1 saturated carbocycles. The summed E-state index contributed by atoms with van der Waals surface area (Å²) in [4.78, 5) is 27.1. The van der Waals surface area contributed by atoms with Crippen molar-refractivity contribution < 1.29 is 14.8 Å². The quantitative estimate of drug-likeness (QED) is 0.621. The lowest BCUT2D eigenvalue weighted by molar-refractivity contribution is -0.385. The van der Waals surface area contributed by atoms with Crippen LogP contribution < -0.4 is 4.90 Å². The van der Waals surface area contributed by atoms with E-state index in [2.05, 4.69) is 4.98 Å². The third-order valence-electron chi connectivity index (χ3n) is 3.09. The monoisotopic (exact) mass is 265 g/mol. The highest BCUT2D eigenvalue weighted by Gasteiger charge is 2.30. The van der Waals surface area contributed by atoms with Crippen LogP contribution in [0.2, 0.25) is 0 Å². The highest BCUT2D eigenvalue weighted by atomic mass is 16.6. The van der Waals surface area contributed by atoms with Gasteiger partial charge >= 0.3 is 5.97 Å². The van der Waals surface area contributed by atoms with Crippen LogP contribution in [0.5, 0.6) is 0 Å². The average Bonchev–Trinajstić information content (AvgIpc) is 3.13. The van der Waals surface area contributed by atoms with Crippen molar-refractivity contribution >= 4 is 17.5 Å². The molecular formula is C12H15N3O4. The topological polar surface area (TPSA) is 96.6 Å². The van der Waals surface area contributed by atoms with Gasteiger partial charge in [-0.05, 0) is 25.8 Å². The van der Waals surface area contributed by atoms with Crippen molar-refractivity contribution in [1.29, 1.82) is 0 Å². The van der Waals surface area contributed by atoms with E-state index in [9.17, 15) is 14.9 Å². The summed E-state index contributed by atoms with van der Waals surface area (Å²) in [6, 6.07) is 3.33. The SMILES string of the molecule is Cc1nc(N(CCC(=O)O)C2CC2)ccc1[N+](=O)[O-]. The maximum absolute atomic E-state index is 10.7. The molecule has 102 valence electrons. The van der Waals surface area contributed by atoms with Crippen molar-refractivity contribution in [3.05, 3.63) is 27.9 Å². The Labute approximate surface area is 110 Å². The molecule has 0 aliphatic heterocycles. The van der Waals surface area contributed by atoms with E-state index in [0.29, 0.717) is 24.1 Å². The first kappa shape index (κ1) is 13.3. The lowest BCUT2D eigenvalue weighted by atomic mass is 10.3. The molecule has 0 saturated heterocycles. The molecule has 0 atom stereocenters. The number of hydrogen-bond acceptors (Lipinski definition) is 5. The largest absolute Gasteiger partial charge is 0.481 e. The Kier molecular flexibility index (Phi) is 3.64. The van der Waals surface area contributed by atoms with Crippen molar-refractivity contribution in [1.82, 2.24) is 4.98 Å². The number of anilines is 1. The van der Waals surface area contributed by atoms with Gasteiger partial charge in [-0.15, -0.1) is 0 Å². The van der Waals surface area contributed by atoms with Gasteiger partial charge in [-0.25, -0.2) is 4.98 Å². The van der Waals surface area contributed by atoms with Crippen molar-refractivity contribution in [3.63, 3.8) is 0 Å². The summed E-state index contributed by atoms with van der Waals surface area (Å²) in [6.07, 6.45) is 2.06. The number of nitrogens with zero attached hydrogens (tertiary/aromatic N) is 3. The van der Waals surface area contributed by atoms with Crippen LogP contribution in [0.15, 0.2) is 12.1 Å². The molecular weight excluding hydrogens is 250 g/mol. The minimum absolute atomic E-state index is 0.0160. The molecule has 1 fully saturated rings. The fraction of sp³-hybridized carbons (Fsp3) is 0.500. The van der Waals surface area contributed by atoms with Gasteiger partial charge in [0.15, 0.2) is 0 Å². The minimum Gasteiger partial charge on any atom is -0.481 e. The number of carboxylic acids is 1. The predicted octanol–water partition coefficient (Wildman–Crippen LogP) is 1.74. The van der Waals surface area contributed by atoms with Gasteiger partial charge in [0.1, 0.15) is 11.5 Å². The molecule has 2 rings (SSSR count). The van der Waals surface area contributed by atoms with Gasteiger partial charge in [0, 0.05) is 18.7 Å². The molecule has 1 aromatic heterocycles. The standard InChI is InChI=1S/C12H15N3O4/c1-8-10(15(18)19)4-5-11(13-8)14(9-2-3-9)7-6-12(16)17/h4-5,9H,2-3,6-7H2,1H3,(H,16,17). The van der Waals surface area contributed by atoms with Crippen LogP contribution in [-0.2, 0) is 4.79 Å². The van der Waals surface area contributed by atoms with Crippen LogP contribution in [0.1, 0.15) is 25.0 Å². The van der Waals surface area contributed by atoms with E-state index in [1.807, 2.05) is 4.90 Å². The van der Waals surface area contributed by atoms with Crippen molar-refractivity contribution in [3.8, 4) is 0 Å². The van der Waals surface area contributed by atoms with Crippen LogP contribution in [0, 0.1) is 17.0 Å². The molecule has 1 aliphatic carbocycles. The van der Waals surface area contributed by atoms with Gasteiger partial charge < -0.3 is 10.0 Å². The molecule has 19 heavy (non-hydrogen) atoms. The Bertz CT molecular complexity index is 514. The molecule has 1 N–H and O–H groups in total. The normalized spacial score (nSPS) is 14.2. The smallest absolute Gasteiger partial charge is 0.305 e. The highest BCUT2D eigenvalue weighted by Crippen LogP contribution is 2.32. The summed E-state index contributed by atoms with van der Waals surface area (Å²) in [5, 5.41) is 19.5. The summed E-state index contributed by atoms with van der Waals surface area (Å²) in [5.41, 5.74) is 0.334. The molecule has 7 heteroatoms. The van der Waals surface area contributed by atoms with Gasteiger partial charge in [0.05, 0.1) is 11.3 Å². The zero-order chi connectivity index (χ0) is 14.0. The number of aliphatic carboxylic acids is 1. The third kappa shape index (κ3) is 3.18. The number of carboxylic acid groups (broad SMARTS) is 1. The second-order valence-electron chi connectivity index (χ2n) is 4.60. The van der Waals surface area contributed by atoms with Crippen LogP contribution in [0.3, 0.4) is 0 Å². The molecule has 7 nitrogen and oxygen atoms in total. The van der Waals surface area contributed by atoms with E-state index >= 15 is 0 Å². The van der Waals surface area contributed by atoms with Gasteiger partial charge in [-0.3, -0.25) is 14.9 Å². The molecule has 0 bridgehead atoms. The molecule has 0 aromatic carbocycles. The number of aryl methyl sites for hydroxylation is 1. The highest BCUT2D eigenvalue weighted by molar-refractivity contribution is 5.67. The summed E-state index contributed by atoms with van der Waals surface area (Å²) in [5.74, 6) is -0.240. The fourth-order valence-electron chi connectivity index (χ4n) is 1.98. The van der Waals surface area contributed by atoms with E-state index in [-0.39, 0.29) is 12.1 Å². The van der Waals surface area contributed by atoms with Crippen LogP contribution in [0.25, 0.3) is 0 Å². The molecule has 0 amide bonds. The first-order valence-electron chi connectivity index (χ1n) is 6.09. The Morgan fingerprint density at radius 1 is 1.58 bits per heavy atom. The van der Waals surface area contributed by atoms with Gasteiger partial charge in [-0.2, -0.15) is 0 Å². The maximum Gasteiger partial charge on any atom is 0.305 e. The molecule has 0 radical (unpaired) electrons. The summed E-state index contributed by atoms with van der Waals surface area (Å²) in [7, 11) is 0. The van der Waals surface area contributed by atoms with Crippen LogP contribution >= 0.6 is 0 Å². The molecule has 1 aromatic rings. The molecule has 0 unspecified atom stereocenters. The average molecular weight is 265 g/mol. The van der Waals surface area contributed by atoms with E-state index in [0.717, 1.165) is 12.8 Å². The fourth-order valence-corrected chi connectivity index (χ4v) is 1.98. The van der Waals surface area contributed by atoms with Crippen molar-refractivity contribution in [2.24, 2.45) is 0 Å². The van der Waals surface area contributed by atoms with E-state index in [1.165, 1.54) is 6.07 Å². The molecule has 1 heterocycles. The first-order chi connectivity index (χ1) is 8.99. The maximum atomic E-state index is 10.7. The Balaban J connectivity index is 2.19. The van der Waals surface area contributed by atoms with E-state index in [4.69, 9.17) is 5.11 Å². The lowest BCUT2D eigenvalue weighted by Crippen LogP contribution is -2.29. The number of nitro groups is 1. The van der Waals surface area contributed by atoms with Gasteiger partial charge in [0.2, 0.25) is 0 Å². The van der Waals surface area contributed by atoms with Crippen molar-refractivity contribution in [2.45, 2.75) is 32.2 Å². The lowest BCUT2D eigenvalue weighted by Gasteiger charge is -2.22. The van der Waals surface area contributed by atoms with Crippen molar-refractivity contribution in [2.75, 3.05) is 11.4 Å². The Morgan fingerprint density at radius 2 is 2.26 bits per heavy atom. The minimum atomic E-state index is -0.857. The first-order valence-corrected chi connectivity index (χ1v) is 6.09. The predicted molar refractivity (Wildman–Crippen MR) is 68.2 cm³/mol. The molecule has 0 spiro atoms. The third-order valence-corrected chi connectivity index (χ3v) is 3.09. The van der Waals surface area contributed by atoms with E-state index in [1.54, 1.807) is 13.0 Å². The Hall–Kier alpha value is -2.18. The second kappa shape index (κ2) is 5.21. The molecule has 1 aliphatic rings. The van der Waals surface area contributed by atoms with Gasteiger partial charge in [-0.1, -0.05) is 0 Å². The van der Waals surface area contributed by atoms with Gasteiger partial charge in [0.25, 0.3) is 5.69 Å². The summed E-state index contributed by atoms with van der Waals surface area (Å²) < 4.78 is 0. The van der Waals surface area contributed by atoms with Crippen LogP contribution in [-0.4, -0.2) is 33.6 Å². The van der Waals surface area contributed by atoms with E-state index < -0.39 is 10.9 Å².